The number of carbonyl (C=O) groups excluding carboxylic acids is 1. The minimum absolute atomic E-state index is 0.211. The third-order valence-electron chi connectivity index (χ3n) is 4.41. The lowest BCUT2D eigenvalue weighted by atomic mass is 10.1. The Morgan fingerprint density at radius 1 is 1.14 bits per heavy atom. The van der Waals surface area contributed by atoms with Crippen molar-refractivity contribution in [1.29, 1.82) is 0 Å². The smallest absolute Gasteiger partial charge is 0.322 e. The number of aryl methyl sites for hydroxylation is 1. The highest BCUT2D eigenvalue weighted by atomic mass is 16.2. The quantitative estimate of drug-likeness (QED) is 0.560. The van der Waals surface area contributed by atoms with E-state index in [1.165, 1.54) is 6.33 Å². The van der Waals surface area contributed by atoms with Crippen LogP contribution in [0.25, 0.3) is 5.69 Å². The molecule has 0 saturated heterocycles. The zero-order valence-electron chi connectivity index (χ0n) is 15.2. The Kier molecular flexibility index (Phi) is 4.59. The van der Waals surface area contributed by atoms with Gasteiger partial charge in [0.15, 0.2) is 0 Å². The van der Waals surface area contributed by atoms with E-state index in [2.05, 4.69) is 20.4 Å². The van der Waals surface area contributed by atoms with Gasteiger partial charge in [0, 0.05) is 23.1 Å². The maximum absolute atomic E-state index is 12.7. The Balaban J connectivity index is 1.54. The molecule has 140 valence electrons. The number of H-pyrrole nitrogens is 1. The highest BCUT2D eigenvalue weighted by Crippen LogP contribution is 2.18. The molecule has 4 rings (SSSR count). The standard InChI is InChI=1S/C20H18N6O2/c1-14-10-22-20(28)26(14)17-8-6-15(7-9-17)19(27)24-18-5-3-2-4-16(18)11-25-13-21-12-23-25/h2-10,12-13H,11H2,1H3,(H,22,28)(H,24,27). The zero-order valence-corrected chi connectivity index (χ0v) is 15.2. The molecule has 0 aliphatic rings. The van der Waals surface area contributed by atoms with Gasteiger partial charge in [-0.1, -0.05) is 18.2 Å². The molecule has 0 aliphatic heterocycles. The molecule has 0 unspecified atom stereocenters. The molecule has 2 N–H and O–H groups in total. The van der Waals surface area contributed by atoms with Gasteiger partial charge in [-0.05, 0) is 42.8 Å². The van der Waals surface area contributed by atoms with Crippen LogP contribution in [-0.4, -0.2) is 30.2 Å². The molecule has 0 saturated carbocycles. The number of nitrogens with zero attached hydrogens (tertiary/aromatic N) is 4. The minimum atomic E-state index is -0.226. The van der Waals surface area contributed by atoms with Crippen molar-refractivity contribution in [2.75, 3.05) is 5.32 Å². The van der Waals surface area contributed by atoms with Crippen LogP contribution < -0.4 is 11.0 Å². The number of nitrogens with one attached hydrogen (secondary N) is 2. The molecule has 0 aliphatic carbocycles. The van der Waals surface area contributed by atoms with E-state index >= 15 is 0 Å². The first-order valence-electron chi connectivity index (χ1n) is 8.71. The maximum Gasteiger partial charge on any atom is 0.330 e. The normalized spacial score (nSPS) is 10.8. The highest BCUT2D eigenvalue weighted by molar-refractivity contribution is 6.04. The Labute approximate surface area is 160 Å². The van der Waals surface area contributed by atoms with Crippen LogP contribution in [0.2, 0.25) is 0 Å². The summed E-state index contributed by atoms with van der Waals surface area (Å²) < 4.78 is 3.24. The highest BCUT2D eigenvalue weighted by Gasteiger charge is 2.11. The van der Waals surface area contributed by atoms with Crippen LogP contribution in [0.1, 0.15) is 21.6 Å². The van der Waals surface area contributed by atoms with Crippen molar-refractivity contribution in [3.05, 3.63) is 94.7 Å². The number of rotatable bonds is 5. The van der Waals surface area contributed by atoms with E-state index in [0.717, 1.165) is 11.3 Å². The van der Waals surface area contributed by atoms with Gasteiger partial charge in [0.05, 0.1) is 12.2 Å². The number of hydrogen-bond donors (Lipinski definition) is 2. The molecule has 2 aromatic heterocycles. The molecule has 0 radical (unpaired) electrons. The summed E-state index contributed by atoms with van der Waals surface area (Å²) in [5.74, 6) is -0.226. The third kappa shape index (κ3) is 3.48. The fourth-order valence-corrected chi connectivity index (χ4v) is 3.00. The first-order valence-corrected chi connectivity index (χ1v) is 8.71. The summed E-state index contributed by atoms with van der Waals surface area (Å²) in [6.07, 6.45) is 4.75. The molecule has 0 bridgehead atoms. The summed E-state index contributed by atoms with van der Waals surface area (Å²) in [5.41, 5.74) is 3.42. The largest absolute Gasteiger partial charge is 0.330 e. The number of aromatic amines is 1. The number of imidazole rings is 1. The van der Waals surface area contributed by atoms with Gasteiger partial charge in [0.2, 0.25) is 0 Å². The molecule has 2 aromatic carbocycles. The summed E-state index contributed by atoms with van der Waals surface area (Å²) in [7, 11) is 0. The predicted molar refractivity (Wildman–Crippen MR) is 105 cm³/mol. The summed E-state index contributed by atoms with van der Waals surface area (Å²) >= 11 is 0. The van der Waals surface area contributed by atoms with E-state index in [1.54, 1.807) is 46.0 Å². The van der Waals surface area contributed by atoms with E-state index in [0.29, 0.717) is 23.5 Å². The second-order valence-corrected chi connectivity index (χ2v) is 6.32. The Hall–Kier alpha value is -3.94. The number of carbonyl (C=O) groups is 1. The number of amides is 1. The van der Waals surface area contributed by atoms with E-state index in [4.69, 9.17) is 0 Å². The SMILES string of the molecule is Cc1c[nH]c(=O)n1-c1ccc(C(=O)Nc2ccccc2Cn2cncn2)cc1. The first-order chi connectivity index (χ1) is 13.6. The van der Waals surface area contributed by atoms with Gasteiger partial charge < -0.3 is 10.3 Å². The molecular formula is C20H18N6O2. The molecule has 0 atom stereocenters. The van der Waals surface area contributed by atoms with Gasteiger partial charge in [-0.15, -0.1) is 0 Å². The molecule has 4 aromatic rings. The van der Waals surface area contributed by atoms with Crippen LogP contribution in [0.5, 0.6) is 0 Å². The van der Waals surface area contributed by atoms with Crippen LogP contribution in [-0.2, 0) is 6.54 Å². The monoisotopic (exact) mass is 374 g/mol. The predicted octanol–water partition coefficient (Wildman–Crippen LogP) is 2.37. The molecule has 8 heteroatoms. The first kappa shape index (κ1) is 17.5. The lowest BCUT2D eigenvalue weighted by Gasteiger charge is -2.11. The second-order valence-electron chi connectivity index (χ2n) is 6.32. The number of benzene rings is 2. The molecule has 1 amide bonds. The third-order valence-corrected chi connectivity index (χ3v) is 4.41. The van der Waals surface area contributed by atoms with Gasteiger partial charge in [0.25, 0.3) is 5.91 Å². The lowest BCUT2D eigenvalue weighted by Crippen LogP contribution is -2.17. The summed E-state index contributed by atoms with van der Waals surface area (Å²) in [4.78, 5) is 31.1. The molecule has 2 heterocycles. The number of hydrogen-bond acceptors (Lipinski definition) is 4. The maximum atomic E-state index is 12.7. The molecule has 0 fully saturated rings. The molecular weight excluding hydrogens is 356 g/mol. The van der Waals surface area contributed by atoms with Crippen molar-refractivity contribution in [3.63, 3.8) is 0 Å². The lowest BCUT2D eigenvalue weighted by molar-refractivity contribution is 0.102. The molecule has 0 spiro atoms. The van der Waals surface area contributed by atoms with E-state index in [1.807, 2.05) is 31.2 Å². The average molecular weight is 374 g/mol. The minimum Gasteiger partial charge on any atom is -0.322 e. The number of para-hydroxylation sites is 1. The van der Waals surface area contributed by atoms with Crippen molar-refractivity contribution in [2.24, 2.45) is 0 Å². The zero-order chi connectivity index (χ0) is 19.5. The van der Waals surface area contributed by atoms with Crippen molar-refractivity contribution in [2.45, 2.75) is 13.5 Å². The van der Waals surface area contributed by atoms with E-state index < -0.39 is 0 Å². The van der Waals surface area contributed by atoms with Gasteiger partial charge >= 0.3 is 5.69 Å². The average Bonchev–Trinajstić information content (AvgIpc) is 3.33. The fourth-order valence-electron chi connectivity index (χ4n) is 3.00. The van der Waals surface area contributed by atoms with E-state index in [-0.39, 0.29) is 11.6 Å². The molecule has 28 heavy (non-hydrogen) atoms. The topological polar surface area (TPSA) is 97.6 Å². The van der Waals surface area contributed by atoms with Crippen LogP contribution >= 0.6 is 0 Å². The second kappa shape index (κ2) is 7.36. The van der Waals surface area contributed by atoms with Gasteiger partial charge in [-0.25, -0.2) is 14.5 Å². The van der Waals surface area contributed by atoms with Crippen molar-refractivity contribution in [3.8, 4) is 5.69 Å². The van der Waals surface area contributed by atoms with Crippen molar-refractivity contribution in [1.82, 2.24) is 24.3 Å². The van der Waals surface area contributed by atoms with Crippen LogP contribution in [0.4, 0.5) is 5.69 Å². The Bertz CT molecular complexity index is 1160. The van der Waals surface area contributed by atoms with Crippen LogP contribution in [0, 0.1) is 6.92 Å². The van der Waals surface area contributed by atoms with Gasteiger partial charge in [-0.2, -0.15) is 5.10 Å². The van der Waals surface area contributed by atoms with Gasteiger partial charge in [-0.3, -0.25) is 9.36 Å². The fraction of sp³-hybridized carbons (Fsp3) is 0.100. The van der Waals surface area contributed by atoms with Crippen LogP contribution in [0.15, 0.2) is 72.2 Å². The number of anilines is 1. The Morgan fingerprint density at radius 3 is 2.61 bits per heavy atom. The van der Waals surface area contributed by atoms with Crippen LogP contribution in [0.3, 0.4) is 0 Å². The Morgan fingerprint density at radius 2 is 1.93 bits per heavy atom. The van der Waals surface area contributed by atoms with Gasteiger partial charge in [0.1, 0.15) is 12.7 Å². The number of aromatic nitrogens is 5. The summed E-state index contributed by atoms with van der Waals surface area (Å²) in [5, 5.41) is 7.04. The molecule has 8 nitrogen and oxygen atoms in total. The van der Waals surface area contributed by atoms with Crippen molar-refractivity contribution >= 4 is 11.6 Å². The van der Waals surface area contributed by atoms with E-state index in [9.17, 15) is 9.59 Å². The summed E-state index contributed by atoms with van der Waals surface area (Å²) in [6, 6.07) is 14.4. The summed E-state index contributed by atoms with van der Waals surface area (Å²) in [6.45, 7) is 2.34. The van der Waals surface area contributed by atoms with Crippen molar-refractivity contribution < 1.29 is 4.79 Å².